The Balaban J connectivity index is 1.71. The fourth-order valence-electron chi connectivity index (χ4n) is 1.97. The number of benzene rings is 1. The number of β-lactam (4-membered cyclic amide) rings is 1. The van der Waals surface area contributed by atoms with E-state index in [2.05, 4.69) is 6.92 Å². The van der Waals surface area contributed by atoms with Crippen LogP contribution in [-0.4, -0.2) is 17.5 Å². The van der Waals surface area contributed by atoms with Crippen LogP contribution in [0.4, 0.5) is 0 Å². The molecule has 1 heterocycles. The average Bonchev–Trinajstić information content (AvgIpc) is 2.38. The molecule has 1 aromatic rings. The van der Waals surface area contributed by atoms with Gasteiger partial charge in [-0.05, 0) is 12.0 Å². The van der Waals surface area contributed by atoms with Crippen molar-refractivity contribution in [1.29, 1.82) is 0 Å². The molecule has 0 N–H and O–H groups in total. The molecule has 0 bridgehead atoms. The van der Waals surface area contributed by atoms with Crippen molar-refractivity contribution in [3.63, 3.8) is 0 Å². The number of hydrogen-bond donors (Lipinski definition) is 0. The highest BCUT2D eigenvalue weighted by molar-refractivity contribution is 5.83. The fraction of sp³-hybridized carbons (Fsp3) is 0.500. The Hall–Kier alpha value is -1.35. The van der Waals surface area contributed by atoms with Gasteiger partial charge < -0.3 is 0 Å². The third kappa shape index (κ3) is 3.07. The van der Waals surface area contributed by atoms with Gasteiger partial charge in [0.2, 0.25) is 0 Å². The van der Waals surface area contributed by atoms with Gasteiger partial charge in [-0.1, -0.05) is 50.1 Å². The molecule has 1 aromatic carbocycles. The maximum absolute atomic E-state index is 11.7. The Morgan fingerprint density at radius 1 is 1.35 bits per heavy atom. The van der Waals surface area contributed by atoms with Gasteiger partial charge >= 0.3 is 0 Å². The molecular formula is C14H19NO2. The predicted octanol–water partition coefficient (Wildman–Crippen LogP) is 2.77. The zero-order valence-corrected chi connectivity index (χ0v) is 10.3. The Bertz CT molecular complexity index is 364. The first-order valence-corrected chi connectivity index (χ1v) is 6.29. The first-order chi connectivity index (χ1) is 8.31. The highest BCUT2D eigenvalue weighted by Crippen LogP contribution is 2.23. The molecule has 1 aliphatic rings. The molecule has 17 heavy (non-hydrogen) atoms. The molecule has 0 radical (unpaired) electrons. The van der Waals surface area contributed by atoms with Crippen LogP contribution in [0.25, 0.3) is 0 Å². The standard InChI is InChI=1S/C14H19NO2/c1-2-3-9-13-10-15(14(13)16)17-11-12-7-5-4-6-8-12/h4-8,13H,2-3,9-11H2,1H3/t13-/m0/s1. The van der Waals surface area contributed by atoms with Gasteiger partial charge in [-0.3, -0.25) is 9.63 Å². The summed E-state index contributed by atoms with van der Waals surface area (Å²) in [6.07, 6.45) is 3.28. The lowest BCUT2D eigenvalue weighted by Crippen LogP contribution is -2.51. The smallest absolute Gasteiger partial charge is 0.251 e. The molecule has 0 aliphatic carbocycles. The molecule has 3 heteroatoms. The van der Waals surface area contributed by atoms with Crippen molar-refractivity contribution < 1.29 is 9.63 Å². The minimum atomic E-state index is 0.148. The molecule has 1 fully saturated rings. The minimum absolute atomic E-state index is 0.148. The lowest BCUT2D eigenvalue weighted by Gasteiger charge is -2.37. The van der Waals surface area contributed by atoms with Crippen molar-refractivity contribution in [3.05, 3.63) is 35.9 Å². The monoisotopic (exact) mass is 233 g/mol. The first-order valence-electron chi connectivity index (χ1n) is 6.29. The number of amides is 1. The van der Waals surface area contributed by atoms with Crippen LogP contribution in [0, 0.1) is 5.92 Å². The lowest BCUT2D eigenvalue weighted by atomic mass is 9.95. The van der Waals surface area contributed by atoms with Crippen molar-refractivity contribution in [1.82, 2.24) is 5.06 Å². The highest BCUT2D eigenvalue weighted by Gasteiger charge is 2.36. The topological polar surface area (TPSA) is 29.5 Å². The van der Waals surface area contributed by atoms with Gasteiger partial charge in [-0.15, -0.1) is 0 Å². The molecule has 1 atom stereocenters. The van der Waals surface area contributed by atoms with Crippen LogP contribution in [0.2, 0.25) is 0 Å². The van der Waals surface area contributed by atoms with Crippen molar-refractivity contribution in [3.8, 4) is 0 Å². The summed E-state index contributed by atoms with van der Waals surface area (Å²) < 4.78 is 0. The zero-order valence-electron chi connectivity index (χ0n) is 10.3. The van der Waals surface area contributed by atoms with Crippen LogP contribution in [0.3, 0.4) is 0 Å². The summed E-state index contributed by atoms with van der Waals surface area (Å²) in [4.78, 5) is 17.2. The van der Waals surface area contributed by atoms with Crippen molar-refractivity contribution in [2.75, 3.05) is 6.54 Å². The van der Waals surface area contributed by atoms with E-state index in [-0.39, 0.29) is 11.8 Å². The van der Waals surface area contributed by atoms with Gasteiger partial charge in [0.05, 0.1) is 12.5 Å². The van der Waals surface area contributed by atoms with Crippen LogP contribution >= 0.6 is 0 Å². The van der Waals surface area contributed by atoms with E-state index >= 15 is 0 Å². The Kier molecular flexibility index (Phi) is 4.15. The van der Waals surface area contributed by atoms with Crippen molar-refractivity contribution in [2.45, 2.75) is 32.8 Å². The van der Waals surface area contributed by atoms with Crippen LogP contribution < -0.4 is 0 Å². The summed E-state index contributed by atoms with van der Waals surface area (Å²) in [5, 5.41) is 1.49. The molecule has 1 aliphatic heterocycles. The molecule has 0 saturated carbocycles. The SMILES string of the molecule is CCCC[C@H]1CN(OCc2ccccc2)C1=O. The van der Waals surface area contributed by atoms with Gasteiger partial charge in [0, 0.05) is 0 Å². The second-order valence-electron chi connectivity index (χ2n) is 4.50. The van der Waals surface area contributed by atoms with E-state index in [9.17, 15) is 4.79 Å². The van der Waals surface area contributed by atoms with E-state index in [4.69, 9.17) is 4.84 Å². The molecule has 2 rings (SSSR count). The normalized spacial score (nSPS) is 19.2. The molecule has 1 amide bonds. The maximum atomic E-state index is 11.7. The first kappa shape index (κ1) is 12.1. The number of nitrogens with zero attached hydrogens (tertiary/aromatic N) is 1. The lowest BCUT2D eigenvalue weighted by molar-refractivity contribution is -0.226. The molecule has 3 nitrogen and oxygen atoms in total. The van der Waals surface area contributed by atoms with Crippen molar-refractivity contribution in [2.24, 2.45) is 5.92 Å². The highest BCUT2D eigenvalue weighted by atomic mass is 16.7. The van der Waals surface area contributed by atoms with Crippen LogP contribution in [0.1, 0.15) is 31.7 Å². The third-order valence-corrected chi connectivity index (χ3v) is 3.12. The van der Waals surface area contributed by atoms with Crippen LogP contribution in [0.5, 0.6) is 0 Å². The molecule has 1 saturated heterocycles. The molecule has 92 valence electrons. The van der Waals surface area contributed by atoms with Crippen molar-refractivity contribution >= 4 is 5.91 Å². The predicted molar refractivity (Wildman–Crippen MR) is 66.0 cm³/mol. The van der Waals surface area contributed by atoms with E-state index < -0.39 is 0 Å². The van der Waals surface area contributed by atoms with Gasteiger partial charge in [0.25, 0.3) is 5.91 Å². The Morgan fingerprint density at radius 3 is 2.76 bits per heavy atom. The van der Waals surface area contributed by atoms with Gasteiger partial charge in [-0.25, -0.2) is 5.06 Å². The minimum Gasteiger partial charge on any atom is -0.272 e. The number of rotatable bonds is 6. The summed E-state index contributed by atoms with van der Waals surface area (Å²) in [6, 6.07) is 9.91. The zero-order chi connectivity index (χ0) is 12.1. The second-order valence-corrected chi connectivity index (χ2v) is 4.50. The number of carbonyl (C=O) groups is 1. The summed E-state index contributed by atoms with van der Waals surface area (Å²) in [7, 11) is 0. The maximum Gasteiger partial charge on any atom is 0.251 e. The van der Waals surface area contributed by atoms with E-state index in [1.807, 2.05) is 30.3 Å². The Morgan fingerprint density at radius 2 is 2.12 bits per heavy atom. The number of hydroxylamine groups is 2. The van der Waals surface area contributed by atoms with Gasteiger partial charge in [0.15, 0.2) is 0 Å². The quantitative estimate of drug-likeness (QED) is 0.707. The second kappa shape index (κ2) is 5.82. The van der Waals surface area contributed by atoms with E-state index in [1.54, 1.807) is 0 Å². The number of carbonyl (C=O) groups excluding carboxylic acids is 1. The molecular weight excluding hydrogens is 214 g/mol. The summed E-state index contributed by atoms with van der Waals surface area (Å²) >= 11 is 0. The number of hydrogen-bond acceptors (Lipinski definition) is 2. The van der Waals surface area contributed by atoms with Gasteiger partial charge in [0.1, 0.15) is 6.61 Å². The van der Waals surface area contributed by atoms with E-state index in [0.717, 1.165) is 31.4 Å². The van der Waals surface area contributed by atoms with Crippen LogP contribution in [0.15, 0.2) is 30.3 Å². The molecule has 0 unspecified atom stereocenters. The Labute approximate surface area is 102 Å². The van der Waals surface area contributed by atoms with Crippen LogP contribution in [-0.2, 0) is 16.2 Å². The summed E-state index contributed by atoms with van der Waals surface area (Å²) in [6.45, 7) is 3.38. The third-order valence-electron chi connectivity index (χ3n) is 3.12. The van der Waals surface area contributed by atoms with Gasteiger partial charge in [-0.2, -0.15) is 0 Å². The summed E-state index contributed by atoms with van der Waals surface area (Å²) in [5.41, 5.74) is 1.09. The van der Waals surface area contributed by atoms with E-state index in [1.165, 1.54) is 5.06 Å². The fourth-order valence-corrected chi connectivity index (χ4v) is 1.97. The summed E-state index contributed by atoms with van der Waals surface area (Å²) in [5.74, 6) is 0.347. The number of unbranched alkanes of at least 4 members (excludes halogenated alkanes) is 1. The molecule has 0 aromatic heterocycles. The van der Waals surface area contributed by atoms with E-state index in [0.29, 0.717) is 6.61 Å². The molecule has 0 spiro atoms. The largest absolute Gasteiger partial charge is 0.272 e. The average molecular weight is 233 g/mol.